The van der Waals surface area contributed by atoms with E-state index in [9.17, 15) is 14.7 Å². The number of carbonyl (C=O) groups excluding carboxylic acids is 2. The Morgan fingerprint density at radius 3 is 2.21 bits per heavy atom. The summed E-state index contributed by atoms with van der Waals surface area (Å²) < 4.78 is 5.32. The van der Waals surface area contributed by atoms with E-state index in [-0.39, 0.29) is 34.1 Å². The number of phenolic OH excluding ortho intramolecular Hbond substituents is 1. The van der Waals surface area contributed by atoms with Crippen molar-refractivity contribution >= 4 is 22.9 Å². The first-order chi connectivity index (χ1) is 11.6. The SMILES string of the molecule is Nc1c(N2CCOCC2)cc(O)c2c1C(=O)c1ccccc1C2=O. The molecule has 3 N–H and O–H groups in total. The number of nitrogens with zero attached hydrogens (tertiary/aromatic N) is 1. The Morgan fingerprint density at radius 1 is 1.00 bits per heavy atom. The molecule has 0 spiro atoms. The first kappa shape index (κ1) is 14.7. The highest BCUT2D eigenvalue weighted by Crippen LogP contribution is 2.41. The summed E-state index contributed by atoms with van der Waals surface area (Å²) in [5, 5.41) is 10.4. The van der Waals surface area contributed by atoms with Gasteiger partial charge in [0.2, 0.25) is 0 Å². The number of anilines is 2. The van der Waals surface area contributed by atoms with E-state index in [1.165, 1.54) is 6.07 Å². The molecule has 0 amide bonds. The van der Waals surface area contributed by atoms with Crippen LogP contribution in [0.25, 0.3) is 0 Å². The van der Waals surface area contributed by atoms with E-state index < -0.39 is 0 Å². The zero-order valence-electron chi connectivity index (χ0n) is 12.9. The number of carbonyl (C=O) groups is 2. The Kier molecular flexibility index (Phi) is 3.28. The third kappa shape index (κ3) is 2.00. The van der Waals surface area contributed by atoms with E-state index in [0.29, 0.717) is 43.1 Å². The maximum absolute atomic E-state index is 12.9. The van der Waals surface area contributed by atoms with Crippen molar-refractivity contribution in [1.82, 2.24) is 0 Å². The molecule has 1 saturated heterocycles. The molecule has 2 aromatic rings. The summed E-state index contributed by atoms with van der Waals surface area (Å²) in [6.07, 6.45) is 0. The van der Waals surface area contributed by atoms with Crippen LogP contribution in [0.15, 0.2) is 30.3 Å². The lowest BCUT2D eigenvalue weighted by Gasteiger charge is -2.31. The zero-order valence-corrected chi connectivity index (χ0v) is 12.9. The van der Waals surface area contributed by atoms with Gasteiger partial charge in [0.1, 0.15) is 5.75 Å². The molecule has 1 heterocycles. The first-order valence-electron chi connectivity index (χ1n) is 7.76. The second kappa shape index (κ2) is 5.35. The summed E-state index contributed by atoms with van der Waals surface area (Å²) in [6, 6.07) is 8.06. The fourth-order valence-corrected chi connectivity index (χ4v) is 3.35. The van der Waals surface area contributed by atoms with Gasteiger partial charge in [-0.15, -0.1) is 0 Å². The number of phenols is 1. The smallest absolute Gasteiger partial charge is 0.198 e. The Labute approximate surface area is 138 Å². The number of nitrogens with two attached hydrogens (primary N) is 1. The van der Waals surface area contributed by atoms with E-state index in [2.05, 4.69) is 0 Å². The molecule has 2 aliphatic rings. The molecule has 6 heteroatoms. The Bertz CT molecular complexity index is 870. The molecule has 0 bridgehead atoms. The number of morpholine rings is 1. The number of ketones is 2. The molecule has 0 aromatic heterocycles. The minimum Gasteiger partial charge on any atom is -0.507 e. The Balaban J connectivity index is 1.93. The number of hydrogen-bond acceptors (Lipinski definition) is 6. The van der Waals surface area contributed by atoms with Crippen LogP contribution in [-0.2, 0) is 4.74 Å². The molecular formula is C18H16N2O4. The summed E-state index contributed by atoms with van der Waals surface area (Å²) in [5.74, 6) is -0.922. The predicted octanol–water partition coefficient (Wildman–Crippen LogP) is 1.59. The highest BCUT2D eigenvalue weighted by atomic mass is 16.5. The quantitative estimate of drug-likeness (QED) is 0.521. The number of benzene rings is 2. The van der Waals surface area contributed by atoms with Crippen molar-refractivity contribution in [2.75, 3.05) is 36.9 Å². The summed E-state index contributed by atoms with van der Waals surface area (Å²) in [7, 11) is 0. The van der Waals surface area contributed by atoms with Crippen LogP contribution >= 0.6 is 0 Å². The van der Waals surface area contributed by atoms with Gasteiger partial charge in [0.05, 0.1) is 35.7 Å². The Morgan fingerprint density at radius 2 is 1.58 bits per heavy atom. The maximum atomic E-state index is 12.9. The van der Waals surface area contributed by atoms with Crippen molar-refractivity contribution in [3.05, 3.63) is 52.6 Å². The van der Waals surface area contributed by atoms with Crippen LogP contribution < -0.4 is 10.6 Å². The van der Waals surface area contributed by atoms with Crippen molar-refractivity contribution in [3.63, 3.8) is 0 Å². The van der Waals surface area contributed by atoms with Crippen molar-refractivity contribution in [3.8, 4) is 5.75 Å². The molecule has 0 unspecified atom stereocenters. The summed E-state index contributed by atoms with van der Waals surface area (Å²) in [5.41, 5.74) is 7.75. The van der Waals surface area contributed by atoms with Crippen molar-refractivity contribution in [2.24, 2.45) is 0 Å². The fraction of sp³-hybridized carbons (Fsp3) is 0.222. The van der Waals surface area contributed by atoms with E-state index in [1.807, 2.05) is 4.90 Å². The van der Waals surface area contributed by atoms with Gasteiger partial charge in [0, 0.05) is 30.3 Å². The second-order valence-electron chi connectivity index (χ2n) is 5.88. The van der Waals surface area contributed by atoms with Gasteiger partial charge in [-0.2, -0.15) is 0 Å². The van der Waals surface area contributed by atoms with Gasteiger partial charge in [0.15, 0.2) is 11.6 Å². The fourth-order valence-electron chi connectivity index (χ4n) is 3.35. The van der Waals surface area contributed by atoms with E-state index in [1.54, 1.807) is 24.3 Å². The third-order valence-corrected chi connectivity index (χ3v) is 4.55. The van der Waals surface area contributed by atoms with Crippen molar-refractivity contribution in [2.45, 2.75) is 0 Å². The molecule has 0 saturated carbocycles. The summed E-state index contributed by atoms with van der Waals surface area (Å²) in [6.45, 7) is 2.32. The third-order valence-electron chi connectivity index (χ3n) is 4.55. The van der Waals surface area contributed by atoms with Gasteiger partial charge in [-0.1, -0.05) is 24.3 Å². The molecule has 1 aliphatic heterocycles. The van der Waals surface area contributed by atoms with Gasteiger partial charge in [-0.3, -0.25) is 9.59 Å². The second-order valence-corrected chi connectivity index (χ2v) is 5.88. The highest BCUT2D eigenvalue weighted by molar-refractivity contribution is 6.31. The van der Waals surface area contributed by atoms with Gasteiger partial charge in [-0.05, 0) is 0 Å². The predicted molar refractivity (Wildman–Crippen MR) is 88.9 cm³/mol. The van der Waals surface area contributed by atoms with Gasteiger partial charge >= 0.3 is 0 Å². The summed E-state index contributed by atoms with van der Waals surface area (Å²) >= 11 is 0. The molecular weight excluding hydrogens is 308 g/mol. The van der Waals surface area contributed by atoms with Crippen LogP contribution in [0.2, 0.25) is 0 Å². The van der Waals surface area contributed by atoms with E-state index in [0.717, 1.165) is 0 Å². The van der Waals surface area contributed by atoms with Crippen molar-refractivity contribution < 1.29 is 19.4 Å². The van der Waals surface area contributed by atoms with Crippen LogP contribution in [0.3, 0.4) is 0 Å². The van der Waals surface area contributed by atoms with E-state index >= 15 is 0 Å². The number of nitrogen functional groups attached to an aromatic ring is 1. The van der Waals surface area contributed by atoms with Crippen LogP contribution in [0.5, 0.6) is 5.75 Å². The Hall–Kier alpha value is -2.86. The molecule has 0 radical (unpaired) electrons. The number of ether oxygens (including phenoxy) is 1. The molecule has 2 aromatic carbocycles. The zero-order chi connectivity index (χ0) is 16.8. The normalized spacial score (nSPS) is 16.8. The monoisotopic (exact) mass is 324 g/mol. The van der Waals surface area contributed by atoms with Crippen molar-refractivity contribution in [1.29, 1.82) is 0 Å². The van der Waals surface area contributed by atoms with Crippen LogP contribution in [0.4, 0.5) is 11.4 Å². The summed E-state index contributed by atoms with van der Waals surface area (Å²) in [4.78, 5) is 27.5. The average Bonchev–Trinajstić information content (AvgIpc) is 2.62. The highest BCUT2D eigenvalue weighted by Gasteiger charge is 2.35. The largest absolute Gasteiger partial charge is 0.507 e. The number of rotatable bonds is 1. The maximum Gasteiger partial charge on any atom is 0.198 e. The van der Waals surface area contributed by atoms with Gasteiger partial charge in [0.25, 0.3) is 0 Å². The van der Waals surface area contributed by atoms with Gasteiger partial charge < -0.3 is 20.5 Å². The molecule has 6 nitrogen and oxygen atoms in total. The first-order valence-corrected chi connectivity index (χ1v) is 7.76. The van der Waals surface area contributed by atoms with Gasteiger partial charge in [-0.25, -0.2) is 0 Å². The topological polar surface area (TPSA) is 92.9 Å². The molecule has 0 atom stereocenters. The lowest BCUT2D eigenvalue weighted by Crippen LogP contribution is -2.37. The minimum atomic E-state index is -0.377. The molecule has 1 fully saturated rings. The lowest BCUT2D eigenvalue weighted by molar-refractivity contribution is 0.0977. The van der Waals surface area contributed by atoms with Crippen LogP contribution in [0, 0.1) is 0 Å². The lowest BCUT2D eigenvalue weighted by atomic mass is 9.82. The molecule has 122 valence electrons. The molecule has 24 heavy (non-hydrogen) atoms. The standard InChI is InChI=1S/C18H16N2O4/c19-16-12(20-5-7-24-8-6-20)9-13(21)14-15(16)18(23)11-4-2-1-3-10(11)17(14)22/h1-4,9,21H,5-8,19H2. The average molecular weight is 324 g/mol. The number of fused-ring (bicyclic) bond motifs is 2. The minimum absolute atomic E-state index is 0.00629. The molecule has 4 rings (SSSR count). The van der Waals surface area contributed by atoms with Crippen LogP contribution in [-0.4, -0.2) is 43.0 Å². The number of aromatic hydroxyl groups is 1. The molecule has 1 aliphatic carbocycles. The van der Waals surface area contributed by atoms with Crippen LogP contribution in [0.1, 0.15) is 31.8 Å². The van der Waals surface area contributed by atoms with E-state index in [4.69, 9.17) is 10.5 Å². The number of hydrogen-bond donors (Lipinski definition) is 2.